The van der Waals surface area contributed by atoms with Crippen LogP contribution in [-0.2, 0) is 53.8 Å². The van der Waals surface area contributed by atoms with Gasteiger partial charge in [-0.1, -0.05) is 24.3 Å². The van der Waals surface area contributed by atoms with Crippen molar-refractivity contribution in [2.45, 2.75) is 48.9 Å². The van der Waals surface area contributed by atoms with E-state index in [0.717, 1.165) is 102 Å². The summed E-state index contributed by atoms with van der Waals surface area (Å²) in [5.41, 5.74) is 9.87. The van der Waals surface area contributed by atoms with E-state index in [9.17, 15) is 21.6 Å². The number of ether oxygens (including phenoxy) is 1. The standard InChI is InChI=1S/C25H27N3O4S.C23H26N4O2S.2CH2O2/c1-17(29)27-13-10-19-14-21(5-7-24(19)27)33(30,31)28-16-23(18-8-11-26(2)12-9-18)22-15-20(32-3)4-6-25(22)28;1-25-12-8-18(9-13-25)20-16-27(21-6-4-11-24-23(20)21)30(28,29)22-7-3-5-17-10-14-26(2)15-19(17)22;2*2-1-3/h4-8,14-16H,9-13H2,1-3H3;3-8,11,16H,9-10,12-15H2,1-2H3;2*1H,(H,2,3). The SMILES string of the molecule is CN1CC=C(c2cn(S(=O)(=O)c3cccc4c3CN(C)CC4)c3cccnc23)CC1.COc1ccc2c(c1)c(C1=CCN(C)CC1)cn2S(=O)(=O)c1ccc2c(c1)CCN2C(C)=O.O=CO.O=CO. The summed E-state index contributed by atoms with van der Waals surface area (Å²) >= 11 is 0. The molecule has 0 fully saturated rings. The molecule has 7 heterocycles. The molecule has 0 spiro atoms. The summed E-state index contributed by atoms with van der Waals surface area (Å²) in [6.45, 7) is 6.76. The Morgan fingerprint density at radius 1 is 0.696 bits per heavy atom. The highest BCUT2D eigenvalue weighted by Gasteiger charge is 2.30. The van der Waals surface area contributed by atoms with Crippen molar-refractivity contribution in [3.05, 3.63) is 125 Å². The van der Waals surface area contributed by atoms with Gasteiger partial charge in [-0.05, 0) is 129 Å². The van der Waals surface area contributed by atoms with E-state index >= 15 is 0 Å². The first kappa shape index (κ1) is 50.2. The number of likely N-dealkylation sites (N-methyl/N-ethyl adjacent to an activating group) is 3. The van der Waals surface area contributed by atoms with Crippen molar-refractivity contribution in [3.8, 4) is 5.75 Å². The van der Waals surface area contributed by atoms with Gasteiger partial charge >= 0.3 is 0 Å². The minimum Gasteiger partial charge on any atom is -0.497 e. The molecule has 0 saturated carbocycles. The predicted molar refractivity (Wildman–Crippen MR) is 266 cm³/mol. The highest BCUT2D eigenvalue weighted by Crippen LogP contribution is 2.38. The Labute approximate surface area is 402 Å². The number of carbonyl (C=O) groups is 3. The number of carbonyl (C=O) groups excluding carboxylic acids is 1. The number of benzene rings is 3. The second-order valence-corrected chi connectivity index (χ2v) is 20.8. The Hall–Kier alpha value is -6.64. The van der Waals surface area contributed by atoms with Gasteiger partial charge in [0.15, 0.2) is 0 Å². The van der Waals surface area contributed by atoms with Gasteiger partial charge in [0.1, 0.15) is 5.75 Å². The van der Waals surface area contributed by atoms with Crippen LogP contribution < -0.4 is 9.64 Å². The Balaban J connectivity index is 0.000000184. The lowest BCUT2D eigenvalue weighted by molar-refractivity contribution is -0.123. The third-order valence-corrected chi connectivity index (χ3v) is 16.3. The van der Waals surface area contributed by atoms with Gasteiger partial charge in [-0.2, -0.15) is 0 Å². The zero-order chi connectivity index (χ0) is 49.6. The lowest BCUT2D eigenvalue weighted by Gasteiger charge is -2.27. The maximum Gasteiger partial charge on any atom is 0.290 e. The quantitative estimate of drug-likeness (QED) is 0.179. The van der Waals surface area contributed by atoms with Crippen LogP contribution in [0.3, 0.4) is 0 Å². The van der Waals surface area contributed by atoms with Crippen LogP contribution in [0.25, 0.3) is 33.1 Å². The molecule has 4 aliphatic rings. The maximum atomic E-state index is 13.9. The second-order valence-electron chi connectivity index (χ2n) is 17.2. The monoisotopic (exact) mass is 979 g/mol. The number of carboxylic acid groups (broad SMARTS) is 2. The third-order valence-electron chi connectivity index (χ3n) is 12.9. The number of pyridine rings is 1. The Kier molecular flexibility index (Phi) is 15.5. The number of anilines is 1. The van der Waals surface area contributed by atoms with Gasteiger partial charge in [0.25, 0.3) is 33.0 Å². The van der Waals surface area contributed by atoms with Gasteiger partial charge in [0.05, 0.1) is 33.5 Å². The molecule has 17 nitrogen and oxygen atoms in total. The van der Waals surface area contributed by atoms with E-state index in [4.69, 9.17) is 24.5 Å². The van der Waals surface area contributed by atoms with Crippen molar-refractivity contribution in [3.63, 3.8) is 0 Å². The van der Waals surface area contributed by atoms with E-state index in [1.165, 1.54) is 20.4 Å². The number of aromatic nitrogens is 3. The fourth-order valence-electron chi connectivity index (χ4n) is 9.27. The molecule has 0 aliphatic carbocycles. The van der Waals surface area contributed by atoms with Crippen molar-refractivity contribution in [1.29, 1.82) is 0 Å². The van der Waals surface area contributed by atoms with Crippen molar-refractivity contribution in [2.75, 3.05) is 72.4 Å². The smallest absolute Gasteiger partial charge is 0.290 e. The number of rotatable bonds is 7. The van der Waals surface area contributed by atoms with Crippen LogP contribution in [0, 0.1) is 0 Å². The van der Waals surface area contributed by atoms with Crippen molar-refractivity contribution >= 4 is 77.7 Å². The first-order valence-corrected chi connectivity index (χ1v) is 25.2. The van der Waals surface area contributed by atoms with Crippen LogP contribution in [0.1, 0.15) is 47.6 Å². The van der Waals surface area contributed by atoms with Crippen LogP contribution in [-0.4, -0.2) is 141 Å². The minimum absolute atomic E-state index is 0.0363. The molecule has 2 N–H and O–H groups in total. The predicted octanol–water partition coefficient (Wildman–Crippen LogP) is 5.90. The van der Waals surface area contributed by atoms with Crippen molar-refractivity contribution in [2.24, 2.45) is 0 Å². The van der Waals surface area contributed by atoms with E-state index < -0.39 is 20.0 Å². The van der Waals surface area contributed by atoms with Crippen LogP contribution in [0.5, 0.6) is 5.75 Å². The first-order valence-electron chi connectivity index (χ1n) is 22.4. The molecule has 0 atom stereocenters. The minimum atomic E-state index is -3.84. The molecule has 4 aliphatic heterocycles. The number of nitrogens with zero attached hydrogens (tertiary/aromatic N) is 7. The number of amides is 1. The molecule has 10 rings (SSSR count). The average Bonchev–Trinajstić information content (AvgIpc) is 4.07. The van der Waals surface area contributed by atoms with Crippen molar-refractivity contribution < 1.29 is 46.2 Å². The molecule has 19 heteroatoms. The van der Waals surface area contributed by atoms with E-state index in [1.807, 2.05) is 31.3 Å². The van der Waals surface area contributed by atoms with Gasteiger partial charge in [0.2, 0.25) is 5.91 Å². The number of methoxy groups -OCH3 is 1. The lowest BCUT2D eigenvalue weighted by Crippen LogP contribution is -2.28. The Morgan fingerprint density at radius 2 is 1.32 bits per heavy atom. The van der Waals surface area contributed by atoms with Crippen molar-refractivity contribution in [1.82, 2.24) is 27.6 Å². The number of hydrogen-bond acceptors (Lipinski definition) is 12. The third kappa shape index (κ3) is 10.4. The molecule has 0 saturated heterocycles. The van der Waals surface area contributed by atoms with Gasteiger partial charge in [-0.15, -0.1) is 0 Å². The van der Waals surface area contributed by atoms with Gasteiger partial charge in [0, 0.05) is 93.5 Å². The molecule has 3 aromatic heterocycles. The fraction of sp³-hybridized carbons (Fsp3) is 0.320. The molecule has 69 heavy (non-hydrogen) atoms. The zero-order valence-electron chi connectivity index (χ0n) is 39.3. The number of fused-ring (bicyclic) bond motifs is 4. The summed E-state index contributed by atoms with van der Waals surface area (Å²) in [7, 11) is 0.225. The van der Waals surface area contributed by atoms with E-state index in [-0.39, 0.29) is 23.7 Å². The molecule has 0 unspecified atom stereocenters. The fourth-order valence-corrected chi connectivity index (χ4v) is 12.3. The van der Waals surface area contributed by atoms with Gasteiger partial charge in [-0.25, -0.2) is 24.8 Å². The molecule has 0 bridgehead atoms. The largest absolute Gasteiger partial charge is 0.497 e. The normalized spacial score (nSPS) is 16.3. The molecule has 3 aromatic carbocycles. The van der Waals surface area contributed by atoms with Crippen LogP contribution >= 0.6 is 0 Å². The molecule has 6 aromatic rings. The first-order chi connectivity index (χ1) is 33.1. The number of hydrogen-bond donors (Lipinski definition) is 2. The zero-order valence-corrected chi connectivity index (χ0v) is 40.9. The average molecular weight is 980 g/mol. The summed E-state index contributed by atoms with van der Waals surface area (Å²) in [5.74, 6) is 0.653. The van der Waals surface area contributed by atoms with Gasteiger partial charge in [-0.3, -0.25) is 19.4 Å². The van der Waals surface area contributed by atoms with E-state index in [1.54, 1.807) is 73.1 Å². The Morgan fingerprint density at radius 3 is 1.96 bits per heavy atom. The van der Waals surface area contributed by atoms with Crippen LogP contribution in [0.4, 0.5) is 5.69 Å². The van der Waals surface area contributed by atoms with E-state index in [2.05, 4.69) is 45.9 Å². The lowest BCUT2D eigenvalue weighted by atomic mass is 9.99. The van der Waals surface area contributed by atoms with Gasteiger partial charge < -0.3 is 34.5 Å². The molecule has 364 valence electrons. The second kappa shape index (κ2) is 21.3. The van der Waals surface area contributed by atoms with E-state index in [0.29, 0.717) is 41.2 Å². The Bertz CT molecular complexity index is 3190. The summed E-state index contributed by atoms with van der Waals surface area (Å²) < 4.78 is 63.6. The van der Waals surface area contributed by atoms with Crippen LogP contribution in [0.15, 0.2) is 107 Å². The van der Waals surface area contributed by atoms with Crippen LogP contribution in [0.2, 0.25) is 0 Å². The molecular weight excluding hydrogens is 923 g/mol. The molecule has 0 radical (unpaired) electrons. The molecular formula is C50H57N7O10S2. The summed E-state index contributed by atoms with van der Waals surface area (Å²) in [6.07, 6.45) is 12.9. The summed E-state index contributed by atoms with van der Waals surface area (Å²) in [4.78, 5) is 42.1. The highest BCUT2D eigenvalue weighted by atomic mass is 32.2. The summed E-state index contributed by atoms with van der Waals surface area (Å²) in [5, 5.41) is 14.6. The topological polar surface area (TPSA) is 205 Å². The highest BCUT2D eigenvalue weighted by molar-refractivity contribution is 7.90. The molecule has 1 amide bonds. The summed E-state index contributed by atoms with van der Waals surface area (Å²) in [6, 6.07) is 19.8. The maximum absolute atomic E-state index is 13.9.